The summed E-state index contributed by atoms with van der Waals surface area (Å²) < 4.78 is 10.3. The number of rotatable bonds is 2. The molecule has 4 aromatic heterocycles. The molecule has 9 heteroatoms. The molecule has 9 nitrogen and oxygen atoms in total. The van der Waals surface area contributed by atoms with Crippen LogP contribution in [-0.4, -0.2) is 35.3 Å². The fourth-order valence-corrected chi connectivity index (χ4v) is 1.69. The Bertz CT molecular complexity index is 816. The second-order valence-electron chi connectivity index (χ2n) is 4.54. The number of hydrogen-bond acceptors (Lipinski definition) is 9. The number of aryl methyl sites for hydroxylation is 2. The Hall–Kier alpha value is -3.49. The Morgan fingerprint density at radius 2 is 1.23 bits per heavy atom. The molecule has 4 aromatic rings. The van der Waals surface area contributed by atoms with E-state index in [-0.39, 0.29) is 0 Å². The highest BCUT2D eigenvalue weighted by Gasteiger charge is 2.06. The Kier molecular flexibility index (Phi) is 7.04. The number of hydrogen-bond donors (Lipinski definition) is 0. The van der Waals surface area contributed by atoms with Gasteiger partial charge in [-0.05, 0) is 18.2 Å². The van der Waals surface area contributed by atoms with Crippen LogP contribution in [0, 0.1) is 13.8 Å². The molecule has 134 valence electrons. The molecule has 0 fully saturated rings. The van der Waals surface area contributed by atoms with E-state index in [4.69, 9.17) is 8.83 Å². The molecule has 0 bridgehead atoms. The Labute approximate surface area is 150 Å². The standard InChI is InChI=1S/C8H7N3O.C7H6N4O.C2H6/c1-6-10-11-8(12-6)7-4-2-3-5-9-7;1-5-10-11-7(12-5)6-8-3-2-4-9-6;1-2/h2-5H,1H3;2-4H,1H3;1-2H3. The van der Waals surface area contributed by atoms with Gasteiger partial charge >= 0.3 is 0 Å². The molecule has 0 aromatic carbocycles. The lowest BCUT2D eigenvalue weighted by atomic mass is 10.3. The summed E-state index contributed by atoms with van der Waals surface area (Å²) in [4.78, 5) is 12.0. The van der Waals surface area contributed by atoms with Gasteiger partial charge in [-0.2, -0.15) is 0 Å². The summed E-state index contributed by atoms with van der Waals surface area (Å²) in [5.74, 6) is 2.34. The largest absolute Gasteiger partial charge is 0.420 e. The first-order valence-corrected chi connectivity index (χ1v) is 8.01. The average molecular weight is 353 g/mol. The first-order chi connectivity index (χ1) is 12.7. The number of aromatic nitrogens is 7. The quantitative estimate of drug-likeness (QED) is 0.535. The molecule has 0 aliphatic rings. The first kappa shape index (κ1) is 18.8. The summed E-state index contributed by atoms with van der Waals surface area (Å²) in [5.41, 5.74) is 0.707. The fraction of sp³-hybridized carbons (Fsp3) is 0.235. The zero-order chi connectivity index (χ0) is 18.8. The molecule has 0 aliphatic heterocycles. The van der Waals surface area contributed by atoms with Crippen LogP contribution in [0.5, 0.6) is 0 Å². The zero-order valence-electron chi connectivity index (χ0n) is 15.0. The SMILES string of the molecule is CC.Cc1nnc(-c2ccccn2)o1.Cc1nnc(-c2ncccn2)o1. The van der Waals surface area contributed by atoms with Crippen LogP contribution in [0.15, 0.2) is 51.7 Å². The van der Waals surface area contributed by atoms with Crippen molar-refractivity contribution in [3.63, 3.8) is 0 Å². The molecule has 0 spiro atoms. The molecule has 4 rings (SSSR count). The predicted molar refractivity (Wildman–Crippen MR) is 93.7 cm³/mol. The van der Waals surface area contributed by atoms with Gasteiger partial charge in [-0.25, -0.2) is 9.97 Å². The van der Waals surface area contributed by atoms with Crippen molar-refractivity contribution in [2.75, 3.05) is 0 Å². The molecular weight excluding hydrogens is 334 g/mol. The normalized spacial score (nSPS) is 9.54. The summed E-state index contributed by atoms with van der Waals surface area (Å²) in [6.45, 7) is 7.47. The van der Waals surface area contributed by atoms with Gasteiger partial charge in [-0.3, -0.25) is 4.98 Å². The van der Waals surface area contributed by atoms with E-state index in [1.807, 2.05) is 32.0 Å². The summed E-state index contributed by atoms with van der Waals surface area (Å²) in [6, 6.07) is 7.27. The lowest BCUT2D eigenvalue weighted by Crippen LogP contribution is -1.85. The summed E-state index contributed by atoms with van der Waals surface area (Å²) in [6.07, 6.45) is 4.94. The van der Waals surface area contributed by atoms with Crippen LogP contribution in [0.4, 0.5) is 0 Å². The van der Waals surface area contributed by atoms with E-state index in [0.717, 1.165) is 0 Å². The molecule has 0 radical (unpaired) electrons. The van der Waals surface area contributed by atoms with Crippen molar-refractivity contribution in [1.82, 2.24) is 35.3 Å². The smallest absolute Gasteiger partial charge is 0.285 e. The van der Waals surface area contributed by atoms with Crippen molar-refractivity contribution in [2.24, 2.45) is 0 Å². The van der Waals surface area contributed by atoms with Crippen molar-refractivity contribution < 1.29 is 8.83 Å². The third-order valence-corrected chi connectivity index (χ3v) is 2.69. The van der Waals surface area contributed by atoms with E-state index < -0.39 is 0 Å². The second-order valence-corrected chi connectivity index (χ2v) is 4.54. The van der Waals surface area contributed by atoms with Gasteiger partial charge in [0.15, 0.2) is 0 Å². The molecule has 0 atom stereocenters. The van der Waals surface area contributed by atoms with Gasteiger partial charge in [0, 0.05) is 32.4 Å². The third kappa shape index (κ3) is 5.26. The minimum Gasteiger partial charge on any atom is -0.420 e. The molecule has 0 aliphatic carbocycles. The van der Waals surface area contributed by atoms with Crippen LogP contribution in [0.2, 0.25) is 0 Å². The monoisotopic (exact) mass is 353 g/mol. The maximum Gasteiger partial charge on any atom is 0.285 e. The topological polar surface area (TPSA) is 117 Å². The summed E-state index contributed by atoms with van der Waals surface area (Å²) >= 11 is 0. The molecule has 4 heterocycles. The number of pyridine rings is 1. The molecule has 0 N–H and O–H groups in total. The minimum atomic E-state index is 0.355. The summed E-state index contributed by atoms with van der Waals surface area (Å²) in [5, 5.41) is 15.0. The Balaban J connectivity index is 0.000000171. The van der Waals surface area contributed by atoms with Crippen LogP contribution in [0.1, 0.15) is 25.6 Å². The van der Waals surface area contributed by atoms with E-state index in [0.29, 0.717) is 35.1 Å². The van der Waals surface area contributed by atoms with E-state index in [1.54, 1.807) is 38.5 Å². The molecule has 0 unspecified atom stereocenters. The van der Waals surface area contributed by atoms with Crippen LogP contribution >= 0.6 is 0 Å². The van der Waals surface area contributed by atoms with Gasteiger partial charge in [0.1, 0.15) is 5.69 Å². The maximum absolute atomic E-state index is 5.18. The molecule has 0 amide bonds. The second kappa shape index (κ2) is 9.72. The van der Waals surface area contributed by atoms with Crippen molar-refractivity contribution in [1.29, 1.82) is 0 Å². The summed E-state index contributed by atoms with van der Waals surface area (Å²) in [7, 11) is 0. The third-order valence-electron chi connectivity index (χ3n) is 2.69. The van der Waals surface area contributed by atoms with E-state index in [2.05, 4.69) is 35.3 Å². The van der Waals surface area contributed by atoms with Crippen molar-refractivity contribution in [3.05, 3.63) is 54.6 Å². The molecule has 0 saturated carbocycles. The van der Waals surface area contributed by atoms with Crippen molar-refractivity contribution in [2.45, 2.75) is 27.7 Å². The van der Waals surface area contributed by atoms with Crippen LogP contribution in [0.25, 0.3) is 23.3 Å². The molecule has 26 heavy (non-hydrogen) atoms. The van der Waals surface area contributed by atoms with E-state index >= 15 is 0 Å². The highest BCUT2D eigenvalue weighted by atomic mass is 16.4. The van der Waals surface area contributed by atoms with Crippen molar-refractivity contribution in [3.8, 4) is 23.3 Å². The number of nitrogens with zero attached hydrogens (tertiary/aromatic N) is 7. The first-order valence-electron chi connectivity index (χ1n) is 8.01. The molecule has 0 saturated heterocycles. The van der Waals surface area contributed by atoms with Gasteiger partial charge in [-0.15, -0.1) is 20.4 Å². The zero-order valence-corrected chi connectivity index (χ0v) is 15.0. The van der Waals surface area contributed by atoms with Gasteiger partial charge in [0.25, 0.3) is 11.8 Å². The van der Waals surface area contributed by atoms with Gasteiger partial charge < -0.3 is 8.83 Å². The van der Waals surface area contributed by atoms with E-state index in [1.165, 1.54) is 0 Å². The predicted octanol–water partition coefficient (Wildman–Crippen LogP) is 3.30. The van der Waals surface area contributed by atoms with Crippen molar-refractivity contribution >= 4 is 0 Å². The highest BCUT2D eigenvalue weighted by Crippen LogP contribution is 2.13. The maximum atomic E-state index is 5.18. The van der Waals surface area contributed by atoms with E-state index in [9.17, 15) is 0 Å². The van der Waals surface area contributed by atoms with Gasteiger partial charge in [-0.1, -0.05) is 19.9 Å². The van der Waals surface area contributed by atoms with Crippen LogP contribution in [0.3, 0.4) is 0 Å². The minimum absolute atomic E-state index is 0.355. The van der Waals surface area contributed by atoms with Crippen LogP contribution < -0.4 is 0 Å². The molecular formula is C17H19N7O2. The lowest BCUT2D eigenvalue weighted by molar-refractivity contribution is 0.528. The fourth-order valence-electron chi connectivity index (χ4n) is 1.69. The van der Waals surface area contributed by atoms with Gasteiger partial charge in [0.05, 0.1) is 0 Å². The lowest BCUT2D eigenvalue weighted by Gasteiger charge is -1.89. The Morgan fingerprint density at radius 1 is 0.654 bits per heavy atom. The Morgan fingerprint density at radius 3 is 1.73 bits per heavy atom. The van der Waals surface area contributed by atoms with Crippen LogP contribution in [-0.2, 0) is 0 Å². The highest BCUT2D eigenvalue weighted by molar-refractivity contribution is 5.44. The van der Waals surface area contributed by atoms with Gasteiger partial charge in [0.2, 0.25) is 17.6 Å². The average Bonchev–Trinajstić information content (AvgIpc) is 3.34.